The summed E-state index contributed by atoms with van der Waals surface area (Å²) in [4.78, 5) is 24.5. The Kier molecular flexibility index (Phi) is 48.1. The van der Waals surface area contributed by atoms with Crippen molar-refractivity contribution in [3.8, 4) is 0 Å². The Morgan fingerprint density at radius 2 is 0.797 bits per heavy atom. The van der Waals surface area contributed by atoms with Gasteiger partial charge in [0.05, 0.1) is 25.4 Å². The lowest BCUT2D eigenvalue weighted by atomic mass is 10.0. The summed E-state index contributed by atoms with van der Waals surface area (Å²) >= 11 is 0. The van der Waals surface area contributed by atoms with Crippen LogP contribution in [0.5, 0.6) is 0 Å². The number of aliphatic hydroxyl groups is 2. The van der Waals surface area contributed by atoms with Gasteiger partial charge in [0.25, 0.3) is 0 Å². The predicted octanol–water partition coefficient (Wildman–Crippen LogP) is 15.7. The van der Waals surface area contributed by atoms with Gasteiger partial charge in [0.1, 0.15) is 0 Å². The molecule has 0 heterocycles. The number of hydrogen-bond acceptors (Lipinski definition) is 5. The number of ether oxygens (including phenoxy) is 1. The predicted molar refractivity (Wildman–Crippen MR) is 255 cm³/mol. The molecule has 0 aromatic heterocycles. The summed E-state index contributed by atoms with van der Waals surface area (Å²) in [6.07, 6.45) is 56.1. The molecule has 0 saturated heterocycles. The molecule has 0 rings (SSSR count). The van der Waals surface area contributed by atoms with Crippen LogP contribution in [0.25, 0.3) is 0 Å². The van der Waals surface area contributed by atoms with E-state index >= 15 is 0 Å². The summed E-state index contributed by atoms with van der Waals surface area (Å²) in [5.74, 6) is -0.0514. The number of esters is 1. The van der Waals surface area contributed by atoms with Gasteiger partial charge in [-0.15, -0.1) is 0 Å². The van der Waals surface area contributed by atoms with Crippen LogP contribution in [0.1, 0.15) is 290 Å². The molecule has 0 radical (unpaired) electrons. The highest BCUT2D eigenvalue weighted by molar-refractivity contribution is 5.76. The Labute approximate surface area is 368 Å². The molecule has 2 atom stereocenters. The van der Waals surface area contributed by atoms with Crippen molar-refractivity contribution in [2.75, 3.05) is 13.2 Å². The van der Waals surface area contributed by atoms with Crippen molar-refractivity contribution in [2.24, 2.45) is 0 Å². The lowest BCUT2D eigenvalue weighted by Crippen LogP contribution is -2.45. The average Bonchev–Trinajstić information content (AvgIpc) is 3.24. The Bertz CT molecular complexity index is 878. The van der Waals surface area contributed by atoms with Crippen LogP contribution in [-0.2, 0) is 14.3 Å². The number of carbonyl (C=O) groups excluding carboxylic acids is 2. The van der Waals surface area contributed by atoms with Crippen molar-refractivity contribution in [1.82, 2.24) is 5.32 Å². The zero-order chi connectivity index (χ0) is 43.0. The summed E-state index contributed by atoms with van der Waals surface area (Å²) in [6.45, 7) is 4.92. The van der Waals surface area contributed by atoms with Crippen LogP contribution >= 0.6 is 0 Å². The third kappa shape index (κ3) is 45.9. The molecule has 6 nitrogen and oxygen atoms in total. The maximum atomic E-state index is 12.4. The van der Waals surface area contributed by atoms with Gasteiger partial charge in [-0.2, -0.15) is 0 Å². The summed E-state index contributed by atoms with van der Waals surface area (Å²) < 4.78 is 5.47. The number of amides is 1. The zero-order valence-electron chi connectivity index (χ0n) is 39.7. The smallest absolute Gasteiger partial charge is 0.305 e. The quantitative estimate of drug-likeness (QED) is 0.0322. The Balaban J connectivity index is 3.41. The number of nitrogens with one attached hydrogen (secondary N) is 1. The van der Waals surface area contributed by atoms with Crippen LogP contribution in [0.4, 0.5) is 0 Å². The first-order chi connectivity index (χ1) is 29.0. The van der Waals surface area contributed by atoms with Crippen LogP contribution in [0.3, 0.4) is 0 Å². The molecular formula is C53H103NO5. The molecule has 59 heavy (non-hydrogen) atoms. The Morgan fingerprint density at radius 1 is 0.458 bits per heavy atom. The minimum Gasteiger partial charge on any atom is -0.466 e. The van der Waals surface area contributed by atoms with Crippen molar-refractivity contribution in [2.45, 2.75) is 302 Å². The maximum Gasteiger partial charge on any atom is 0.305 e. The van der Waals surface area contributed by atoms with E-state index < -0.39 is 12.1 Å². The number of unbranched alkanes of at least 4 members (excludes halogenated alkanes) is 36. The van der Waals surface area contributed by atoms with E-state index in [-0.39, 0.29) is 18.5 Å². The number of rotatable bonds is 49. The highest BCUT2D eigenvalue weighted by atomic mass is 16.5. The van der Waals surface area contributed by atoms with E-state index in [0.717, 1.165) is 51.4 Å². The van der Waals surface area contributed by atoms with Gasteiger partial charge >= 0.3 is 5.97 Å². The third-order valence-corrected chi connectivity index (χ3v) is 12.3. The first-order valence-corrected chi connectivity index (χ1v) is 26.4. The van der Waals surface area contributed by atoms with Crippen molar-refractivity contribution in [1.29, 1.82) is 0 Å². The van der Waals surface area contributed by atoms with Gasteiger partial charge in [0.2, 0.25) is 5.91 Å². The fourth-order valence-electron chi connectivity index (χ4n) is 8.22. The molecule has 350 valence electrons. The SMILES string of the molecule is CCCCCCCC/C=C\CCCCCCCCCC(=O)OCCCCCCCCCCCCCCCCC(=O)NC(CO)C(O)CCCCCCCCCCCCC. The number of carbonyl (C=O) groups is 2. The summed E-state index contributed by atoms with van der Waals surface area (Å²) in [6, 6.07) is -0.547. The second kappa shape index (κ2) is 49.3. The summed E-state index contributed by atoms with van der Waals surface area (Å²) in [5, 5.41) is 23.1. The number of aliphatic hydroxyl groups excluding tert-OH is 2. The molecule has 0 bridgehead atoms. The molecule has 6 heteroatoms. The topological polar surface area (TPSA) is 95.9 Å². The minimum atomic E-state index is -0.669. The monoisotopic (exact) mass is 834 g/mol. The molecule has 0 aliphatic heterocycles. The van der Waals surface area contributed by atoms with Gasteiger partial charge in [-0.3, -0.25) is 9.59 Å². The third-order valence-electron chi connectivity index (χ3n) is 12.3. The van der Waals surface area contributed by atoms with E-state index in [1.54, 1.807) is 0 Å². The molecule has 0 aromatic rings. The van der Waals surface area contributed by atoms with Gasteiger partial charge in [-0.25, -0.2) is 0 Å². The number of allylic oxidation sites excluding steroid dienone is 2. The van der Waals surface area contributed by atoms with E-state index in [1.807, 2.05) is 0 Å². The molecule has 0 spiro atoms. The van der Waals surface area contributed by atoms with E-state index in [9.17, 15) is 19.8 Å². The number of hydrogen-bond donors (Lipinski definition) is 3. The van der Waals surface area contributed by atoms with Gasteiger partial charge < -0.3 is 20.3 Å². The fraction of sp³-hybridized carbons (Fsp3) is 0.925. The first kappa shape index (κ1) is 57.6. The van der Waals surface area contributed by atoms with E-state index in [2.05, 4.69) is 31.3 Å². The highest BCUT2D eigenvalue weighted by Gasteiger charge is 2.20. The molecule has 0 fully saturated rings. The van der Waals surface area contributed by atoms with Crippen LogP contribution in [0.15, 0.2) is 12.2 Å². The van der Waals surface area contributed by atoms with Gasteiger partial charge in [0, 0.05) is 12.8 Å². The molecule has 0 saturated carbocycles. The van der Waals surface area contributed by atoms with Crippen LogP contribution < -0.4 is 5.32 Å². The van der Waals surface area contributed by atoms with E-state index in [4.69, 9.17) is 4.74 Å². The summed E-state index contributed by atoms with van der Waals surface area (Å²) in [5.41, 5.74) is 0. The molecule has 1 amide bonds. The standard InChI is InChI=1S/C53H103NO5/c1-3-5-7-9-11-13-15-16-17-18-19-23-27-31-35-39-43-47-53(58)59-48-44-40-36-32-28-24-21-20-22-26-30-34-38-42-46-52(57)54-50(49-55)51(56)45-41-37-33-29-25-14-12-10-8-6-4-2/h16-17,50-51,55-56H,3-15,18-49H2,1-2H3,(H,54,57)/b17-16-. The molecule has 0 aliphatic rings. The Morgan fingerprint density at radius 3 is 1.20 bits per heavy atom. The lowest BCUT2D eigenvalue weighted by molar-refractivity contribution is -0.143. The molecule has 3 N–H and O–H groups in total. The average molecular weight is 834 g/mol. The van der Waals surface area contributed by atoms with Crippen molar-refractivity contribution in [3.63, 3.8) is 0 Å². The van der Waals surface area contributed by atoms with E-state index in [1.165, 1.54) is 205 Å². The van der Waals surface area contributed by atoms with E-state index in [0.29, 0.717) is 25.9 Å². The van der Waals surface area contributed by atoms with Gasteiger partial charge in [-0.05, 0) is 51.4 Å². The van der Waals surface area contributed by atoms with Gasteiger partial charge in [0.15, 0.2) is 0 Å². The summed E-state index contributed by atoms with van der Waals surface area (Å²) in [7, 11) is 0. The second-order valence-electron chi connectivity index (χ2n) is 18.2. The second-order valence-corrected chi connectivity index (χ2v) is 18.2. The largest absolute Gasteiger partial charge is 0.466 e. The van der Waals surface area contributed by atoms with Crippen LogP contribution in [0, 0.1) is 0 Å². The van der Waals surface area contributed by atoms with Crippen molar-refractivity contribution >= 4 is 11.9 Å². The Hall–Kier alpha value is -1.40. The van der Waals surface area contributed by atoms with Crippen molar-refractivity contribution < 1.29 is 24.5 Å². The van der Waals surface area contributed by atoms with Gasteiger partial charge in [-0.1, -0.05) is 238 Å². The molecular weight excluding hydrogens is 731 g/mol. The molecule has 0 aliphatic carbocycles. The minimum absolute atomic E-state index is 0.00539. The molecule has 0 aromatic carbocycles. The highest BCUT2D eigenvalue weighted by Crippen LogP contribution is 2.16. The van der Waals surface area contributed by atoms with Crippen LogP contribution in [-0.4, -0.2) is 47.4 Å². The zero-order valence-corrected chi connectivity index (χ0v) is 39.7. The first-order valence-electron chi connectivity index (χ1n) is 26.4. The molecule has 2 unspecified atom stereocenters. The lowest BCUT2D eigenvalue weighted by Gasteiger charge is -2.22. The fourth-order valence-corrected chi connectivity index (χ4v) is 8.22. The maximum absolute atomic E-state index is 12.4. The normalized spacial score (nSPS) is 12.7. The van der Waals surface area contributed by atoms with Crippen molar-refractivity contribution in [3.05, 3.63) is 12.2 Å². The van der Waals surface area contributed by atoms with Crippen LogP contribution in [0.2, 0.25) is 0 Å².